The van der Waals surface area contributed by atoms with E-state index in [0.717, 1.165) is 11.3 Å². The maximum atomic E-state index is 10.3. The number of carboxylic acids is 1. The maximum Gasteiger partial charge on any atom is 0.306 e. The van der Waals surface area contributed by atoms with Gasteiger partial charge in [0, 0.05) is 5.02 Å². The van der Waals surface area contributed by atoms with Crippen LogP contribution in [0.4, 0.5) is 0 Å². The van der Waals surface area contributed by atoms with Gasteiger partial charge in [0.05, 0.1) is 12.1 Å². The average Bonchev–Trinajstić information content (AvgIpc) is 2.30. The number of rotatable bonds is 6. The number of carbonyl (C=O) groups is 1. The average molecular weight is 256 g/mol. The Hall–Kier alpha value is -1.55. The van der Waals surface area contributed by atoms with Gasteiger partial charge in [-0.05, 0) is 24.1 Å². The minimum absolute atomic E-state index is 0.0545. The van der Waals surface area contributed by atoms with Gasteiger partial charge < -0.3 is 9.94 Å². The first-order chi connectivity index (χ1) is 8.13. The van der Waals surface area contributed by atoms with Crippen molar-refractivity contribution in [2.75, 3.05) is 6.61 Å². The summed E-state index contributed by atoms with van der Waals surface area (Å²) in [6.07, 6.45) is 0.649. The zero-order valence-corrected chi connectivity index (χ0v) is 10.3. The predicted molar refractivity (Wildman–Crippen MR) is 66.5 cm³/mol. The zero-order chi connectivity index (χ0) is 12.7. The molecule has 4 nitrogen and oxygen atoms in total. The Balaban J connectivity index is 2.61. The molecule has 0 saturated carbocycles. The van der Waals surface area contributed by atoms with Gasteiger partial charge >= 0.3 is 5.97 Å². The van der Waals surface area contributed by atoms with Crippen LogP contribution in [0, 0.1) is 0 Å². The van der Waals surface area contributed by atoms with Gasteiger partial charge in [-0.2, -0.15) is 0 Å². The molecule has 0 fully saturated rings. The van der Waals surface area contributed by atoms with Crippen LogP contribution in [0.1, 0.15) is 25.3 Å². The Morgan fingerprint density at radius 1 is 1.41 bits per heavy atom. The van der Waals surface area contributed by atoms with Crippen LogP contribution in [-0.4, -0.2) is 23.4 Å². The molecule has 0 radical (unpaired) electrons. The lowest BCUT2D eigenvalue weighted by molar-refractivity contribution is -0.138. The highest BCUT2D eigenvalue weighted by atomic mass is 35.5. The van der Waals surface area contributed by atoms with Crippen LogP contribution in [0.5, 0.6) is 0 Å². The van der Waals surface area contributed by atoms with Crippen molar-refractivity contribution in [3.8, 4) is 0 Å². The van der Waals surface area contributed by atoms with Crippen molar-refractivity contribution < 1.29 is 14.7 Å². The van der Waals surface area contributed by atoms with E-state index in [4.69, 9.17) is 21.5 Å². The number of carboxylic acid groups (broad SMARTS) is 1. The van der Waals surface area contributed by atoms with E-state index >= 15 is 0 Å². The van der Waals surface area contributed by atoms with Crippen LogP contribution in [0.25, 0.3) is 0 Å². The molecule has 0 aliphatic rings. The van der Waals surface area contributed by atoms with Gasteiger partial charge in [-0.25, -0.2) is 0 Å². The second kappa shape index (κ2) is 6.91. The van der Waals surface area contributed by atoms with Crippen molar-refractivity contribution in [3.63, 3.8) is 0 Å². The molecule has 1 rings (SSSR count). The van der Waals surface area contributed by atoms with Gasteiger partial charge in [-0.3, -0.25) is 4.79 Å². The molecule has 5 heteroatoms. The van der Waals surface area contributed by atoms with E-state index in [1.807, 2.05) is 19.1 Å². The van der Waals surface area contributed by atoms with Gasteiger partial charge in [0.15, 0.2) is 0 Å². The second-order valence-corrected chi connectivity index (χ2v) is 3.81. The van der Waals surface area contributed by atoms with Gasteiger partial charge in [0.25, 0.3) is 0 Å². The van der Waals surface area contributed by atoms with Crippen LogP contribution in [0.3, 0.4) is 0 Å². The first kappa shape index (κ1) is 13.5. The number of oxime groups is 1. The Bertz CT molecular complexity index is 401. The summed E-state index contributed by atoms with van der Waals surface area (Å²) in [6, 6.07) is 7.26. The molecule has 92 valence electrons. The van der Waals surface area contributed by atoms with E-state index in [9.17, 15) is 4.79 Å². The molecule has 1 N–H and O–H groups in total. The molecule has 0 aromatic heterocycles. The summed E-state index contributed by atoms with van der Waals surface area (Å²) in [7, 11) is 0. The Labute approximate surface area is 105 Å². The van der Waals surface area contributed by atoms with Crippen molar-refractivity contribution >= 4 is 23.3 Å². The van der Waals surface area contributed by atoms with Gasteiger partial charge in [-0.15, -0.1) is 0 Å². The van der Waals surface area contributed by atoms with Crippen molar-refractivity contribution in [2.45, 2.75) is 19.8 Å². The van der Waals surface area contributed by atoms with Gasteiger partial charge in [0.1, 0.15) is 6.61 Å². The molecule has 0 bridgehead atoms. The second-order valence-electron chi connectivity index (χ2n) is 3.38. The number of hydrogen-bond acceptors (Lipinski definition) is 3. The summed E-state index contributed by atoms with van der Waals surface area (Å²) in [5.74, 6) is -0.898. The van der Waals surface area contributed by atoms with E-state index in [2.05, 4.69) is 5.16 Å². The standard InChI is InChI=1S/C12H14ClNO3/c1-2-11(14-17-8-7-12(15)16)9-3-5-10(13)6-4-9/h3-6H,2,7-8H2,1H3,(H,15,16). The molecule has 17 heavy (non-hydrogen) atoms. The third-order valence-corrected chi connectivity index (χ3v) is 2.35. The lowest BCUT2D eigenvalue weighted by Crippen LogP contribution is -2.03. The summed E-state index contributed by atoms with van der Waals surface area (Å²) in [5.41, 5.74) is 1.69. The minimum atomic E-state index is -0.898. The first-order valence-corrected chi connectivity index (χ1v) is 5.68. The molecule has 0 amide bonds. The SMILES string of the molecule is CCC(=NOCCC(=O)O)c1ccc(Cl)cc1. The molecule has 0 aliphatic heterocycles. The Morgan fingerprint density at radius 3 is 2.59 bits per heavy atom. The number of nitrogens with zero attached hydrogens (tertiary/aromatic N) is 1. The topological polar surface area (TPSA) is 58.9 Å². The molecule has 0 spiro atoms. The van der Waals surface area contributed by atoms with Crippen LogP contribution >= 0.6 is 11.6 Å². The molecule has 1 aromatic carbocycles. The van der Waals surface area contributed by atoms with Gasteiger partial charge in [0.2, 0.25) is 0 Å². The predicted octanol–water partition coefficient (Wildman–Crippen LogP) is 2.95. The molecular weight excluding hydrogens is 242 g/mol. The Morgan fingerprint density at radius 2 is 2.06 bits per heavy atom. The normalized spacial score (nSPS) is 11.3. The smallest absolute Gasteiger partial charge is 0.306 e. The van der Waals surface area contributed by atoms with Crippen molar-refractivity contribution in [3.05, 3.63) is 34.9 Å². The lowest BCUT2D eigenvalue weighted by Gasteiger charge is -2.04. The minimum Gasteiger partial charge on any atom is -0.481 e. The monoisotopic (exact) mass is 255 g/mol. The van der Waals surface area contributed by atoms with Crippen LogP contribution in [0.15, 0.2) is 29.4 Å². The fourth-order valence-electron chi connectivity index (χ4n) is 1.22. The molecule has 0 unspecified atom stereocenters. The zero-order valence-electron chi connectivity index (χ0n) is 9.52. The van der Waals surface area contributed by atoms with Gasteiger partial charge in [-0.1, -0.05) is 35.8 Å². The summed E-state index contributed by atoms with van der Waals surface area (Å²) in [4.78, 5) is 15.2. The third-order valence-electron chi connectivity index (χ3n) is 2.09. The fraction of sp³-hybridized carbons (Fsp3) is 0.333. The summed E-state index contributed by atoms with van der Waals surface area (Å²) in [5, 5.41) is 13.0. The summed E-state index contributed by atoms with van der Waals surface area (Å²) >= 11 is 5.78. The summed E-state index contributed by atoms with van der Waals surface area (Å²) in [6.45, 7) is 2.03. The highest BCUT2D eigenvalue weighted by Crippen LogP contribution is 2.11. The van der Waals surface area contributed by atoms with E-state index in [-0.39, 0.29) is 13.0 Å². The fourth-order valence-corrected chi connectivity index (χ4v) is 1.35. The maximum absolute atomic E-state index is 10.3. The molecule has 0 heterocycles. The lowest BCUT2D eigenvalue weighted by atomic mass is 10.1. The number of halogens is 1. The Kier molecular flexibility index (Phi) is 5.49. The third kappa shape index (κ3) is 4.87. The molecule has 0 atom stereocenters. The van der Waals surface area contributed by atoms with E-state index < -0.39 is 5.97 Å². The summed E-state index contributed by atoms with van der Waals surface area (Å²) < 4.78 is 0. The van der Waals surface area contributed by atoms with Crippen molar-refractivity contribution in [2.24, 2.45) is 5.16 Å². The number of hydrogen-bond donors (Lipinski definition) is 1. The molecule has 0 aliphatic carbocycles. The van der Waals surface area contributed by atoms with E-state index in [1.54, 1.807) is 12.1 Å². The van der Waals surface area contributed by atoms with E-state index in [0.29, 0.717) is 11.4 Å². The van der Waals surface area contributed by atoms with Crippen LogP contribution in [-0.2, 0) is 9.63 Å². The van der Waals surface area contributed by atoms with Crippen molar-refractivity contribution in [1.29, 1.82) is 0 Å². The largest absolute Gasteiger partial charge is 0.481 e. The molecule has 1 aromatic rings. The van der Waals surface area contributed by atoms with Crippen molar-refractivity contribution in [1.82, 2.24) is 0 Å². The first-order valence-electron chi connectivity index (χ1n) is 5.30. The quantitative estimate of drug-likeness (QED) is 0.483. The highest BCUT2D eigenvalue weighted by Gasteiger charge is 2.02. The van der Waals surface area contributed by atoms with E-state index in [1.165, 1.54) is 0 Å². The number of benzene rings is 1. The molecule has 0 saturated heterocycles. The highest BCUT2D eigenvalue weighted by molar-refractivity contribution is 6.30. The number of aliphatic carboxylic acids is 1. The van der Waals surface area contributed by atoms with Crippen LogP contribution < -0.4 is 0 Å². The molecular formula is C12H14ClNO3. The van der Waals surface area contributed by atoms with Crippen LogP contribution in [0.2, 0.25) is 5.02 Å².